The SMILES string of the molecule is CC(Br)C1CCN(Cc2ccccc2F)CC1. The molecule has 0 spiro atoms. The van der Waals surface area contributed by atoms with Crippen LogP contribution in [0.5, 0.6) is 0 Å². The highest BCUT2D eigenvalue weighted by molar-refractivity contribution is 9.09. The maximum Gasteiger partial charge on any atom is 0.127 e. The van der Waals surface area contributed by atoms with Gasteiger partial charge in [0.25, 0.3) is 0 Å². The highest BCUT2D eigenvalue weighted by Gasteiger charge is 2.22. The zero-order valence-electron chi connectivity index (χ0n) is 10.2. The molecular formula is C14H19BrFN. The van der Waals surface area contributed by atoms with E-state index in [1.807, 2.05) is 12.1 Å². The molecule has 1 nitrogen and oxygen atoms in total. The largest absolute Gasteiger partial charge is 0.299 e. The van der Waals surface area contributed by atoms with Crippen LogP contribution in [0.15, 0.2) is 24.3 Å². The molecule has 1 heterocycles. The van der Waals surface area contributed by atoms with Gasteiger partial charge in [0.05, 0.1) is 0 Å². The van der Waals surface area contributed by atoms with E-state index in [9.17, 15) is 4.39 Å². The number of rotatable bonds is 3. The van der Waals surface area contributed by atoms with Gasteiger partial charge < -0.3 is 0 Å². The van der Waals surface area contributed by atoms with Gasteiger partial charge in [-0.05, 0) is 37.9 Å². The number of alkyl halides is 1. The zero-order valence-corrected chi connectivity index (χ0v) is 11.8. The number of piperidine rings is 1. The van der Waals surface area contributed by atoms with Gasteiger partial charge in [0.15, 0.2) is 0 Å². The molecule has 1 aliphatic heterocycles. The first-order valence-electron chi connectivity index (χ1n) is 6.26. The fourth-order valence-corrected chi connectivity index (χ4v) is 2.97. The van der Waals surface area contributed by atoms with Crippen molar-refractivity contribution in [1.29, 1.82) is 0 Å². The van der Waals surface area contributed by atoms with Gasteiger partial charge in [-0.25, -0.2) is 4.39 Å². The molecule has 17 heavy (non-hydrogen) atoms. The Morgan fingerprint density at radius 2 is 2.00 bits per heavy atom. The summed E-state index contributed by atoms with van der Waals surface area (Å²) in [6, 6.07) is 7.08. The van der Waals surface area contributed by atoms with Gasteiger partial charge in [-0.15, -0.1) is 0 Å². The lowest BCUT2D eigenvalue weighted by Crippen LogP contribution is -2.35. The molecule has 3 heteroatoms. The molecule has 0 N–H and O–H groups in total. The molecule has 1 fully saturated rings. The van der Waals surface area contributed by atoms with Gasteiger partial charge >= 0.3 is 0 Å². The third-order valence-electron chi connectivity index (χ3n) is 3.63. The summed E-state index contributed by atoms with van der Waals surface area (Å²) in [7, 11) is 0. The van der Waals surface area contributed by atoms with Crippen LogP contribution < -0.4 is 0 Å². The number of nitrogens with zero attached hydrogens (tertiary/aromatic N) is 1. The van der Waals surface area contributed by atoms with E-state index in [1.165, 1.54) is 12.8 Å². The van der Waals surface area contributed by atoms with Crippen molar-refractivity contribution in [2.24, 2.45) is 5.92 Å². The van der Waals surface area contributed by atoms with Gasteiger partial charge in [-0.2, -0.15) is 0 Å². The van der Waals surface area contributed by atoms with E-state index in [0.29, 0.717) is 4.83 Å². The first kappa shape index (κ1) is 13.0. The monoisotopic (exact) mass is 299 g/mol. The number of halogens is 2. The van der Waals surface area contributed by atoms with Crippen molar-refractivity contribution in [3.63, 3.8) is 0 Å². The van der Waals surface area contributed by atoms with Crippen LogP contribution in [0.2, 0.25) is 0 Å². The smallest absolute Gasteiger partial charge is 0.127 e. The van der Waals surface area contributed by atoms with Gasteiger partial charge in [0.1, 0.15) is 5.82 Å². The van der Waals surface area contributed by atoms with Crippen LogP contribution in [0.4, 0.5) is 4.39 Å². The minimum Gasteiger partial charge on any atom is -0.299 e. The summed E-state index contributed by atoms with van der Waals surface area (Å²) in [5.41, 5.74) is 0.817. The van der Waals surface area contributed by atoms with E-state index in [1.54, 1.807) is 12.1 Å². The molecule has 0 radical (unpaired) electrons. The topological polar surface area (TPSA) is 3.24 Å². The Balaban J connectivity index is 1.88. The quantitative estimate of drug-likeness (QED) is 0.767. The molecule has 2 rings (SSSR count). The van der Waals surface area contributed by atoms with Crippen LogP contribution >= 0.6 is 15.9 Å². The van der Waals surface area contributed by atoms with E-state index < -0.39 is 0 Å². The van der Waals surface area contributed by atoms with E-state index in [0.717, 1.165) is 31.1 Å². The highest BCUT2D eigenvalue weighted by Crippen LogP contribution is 2.26. The first-order valence-corrected chi connectivity index (χ1v) is 7.18. The summed E-state index contributed by atoms with van der Waals surface area (Å²) in [4.78, 5) is 2.95. The van der Waals surface area contributed by atoms with E-state index in [2.05, 4.69) is 27.8 Å². The average molecular weight is 300 g/mol. The molecule has 0 aliphatic carbocycles. The van der Waals surface area contributed by atoms with Crippen LogP contribution in [-0.2, 0) is 6.54 Å². The first-order chi connectivity index (χ1) is 8.16. The highest BCUT2D eigenvalue weighted by atomic mass is 79.9. The molecule has 1 aromatic rings. The number of hydrogen-bond donors (Lipinski definition) is 0. The van der Waals surface area contributed by atoms with Crippen molar-refractivity contribution >= 4 is 15.9 Å². The standard InChI is InChI=1S/C14H19BrFN/c1-11(15)12-6-8-17(9-7-12)10-13-4-2-3-5-14(13)16/h2-5,11-12H,6-10H2,1H3. The molecule has 1 aliphatic rings. The Kier molecular flexibility index (Phi) is 4.57. The van der Waals surface area contributed by atoms with Crippen molar-refractivity contribution in [2.75, 3.05) is 13.1 Å². The fourth-order valence-electron chi connectivity index (χ4n) is 2.44. The second kappa shape index (κ2) is 5.96. The molecule has 0 aromatic heterocycles. The summed E-state index contributed by atoms with van der Waals surface area (Å²) in [6.07, 6.45) is 2.42. The molecule has 1 atom stereocenters. The van der Waals surface area contributed by atoms with Gasteiger partial charge in [-0.3, -0.25) is 4.90 Å². The number of hydrogen-bond acceptors (Lipinski definition) is 1. The molecule has 94 valence electrons. The minimum absolute atomic E-state index is 0.0801. The molecule has 1 unspecified atom stereocenters. The zero-order chi connectivity index (χ0) is 12.3. The minimum atomic E-state index is -0.0801. The molecule has 1 aromatic carbocycles. The maximum absolute atomic E-state index is 13.5. The van der Waals surface area contributed by atoms with Crippen molar-refractivity contribution in [1.82, 2.24) is 4.90 Å². The van der Waals surface area contributed by atoms with Crippen molar-refractivity contribution in [3.05, 3.63) is 35.6 Å². The van der Waals surface area contributed by atoms with Crippen LogP contribution in [0, 0.1) is 11.7 Å². The third-order valence-corrected chi connectivity index (χ3v) is 4.38. The van der Waals surface area contributed by atoms with Gasteiger partial charge in [0, 0.05) is 16.9 Å². The van der Waals surface area contributed by atoms with E-state index in [-0.39, 0.29) is 5.82 Å². The Labute approximate surface area is 111 Å². The maximum atomic E-state index is 13.5. The van der Waals surface area contributed by atoms with Crippen LogP contribution in [0.25, 0.3) is 0 Å². The number of likely N-dealkylation sites (tertiary alicyclic amines) is 1. The van der Waals surface area contributed by atoms with E-state index >= 15 is 0 Å². The van der Waals surface area contributed by atoms with Crippen molar-refractivity contribution in [3.8, 4) is 0 Å². The molecule has 1 saturated heterocycles. The Morgan fingerprint density at radius 3 is 2.59 bits per heavy atom. The third kappa shape index (κ3) is 3.52. The lowest BCUT2D eigenvalue weighted by molar-refractivity contribution is 0.176. The van der Waals surface area contributed by atoms with Crippen molar-refractivity contribution in [2.45, 2.75) is 31.1 Å². The average Bonchev–Trinajstić information content (AvgIpc) is 2.33. The molecule has 0 bridgehead atoms. The molecule has 0 amide bonds. The van der Waals surface area contributed by atoms with E-state index in [4.69, 9.17) is 0 Å². The van der Waals surface area contributed by atoms with Gasteiger partial charge in [0.2, 0.25) is 0 Å². The molecular weight excluding hydrogens is 281 g/mol. The second-order valence-electron chi connectivity index (χ2n) is 4.88. The lowest BCUT2D eigenvalue weighted by atomic mass is 9.94. The normalized spacial score (nSPS) is 20.4. The Bertz CT molecular complexity index is 359. The fraction of sp³-hybridized carbons (Fsp3) is 0.571. The predicted octanol–water partition coefficient (Wildman–Crippen LogP) is 3.82. The van der Waals surface area contributed by atoms with Crippen LogP contribution in [-0.4, -0.2) is 22.8 Å². The summed E-state index contributed by atoms with van der Waals surface area (Å²) in [6.45, 7) is 5.12. The Hall–Kier alpha value is -0.410. The van der Waals surface area contributed by atoms with Crippen LogP contribution in [0.3, 0.4) is 0 Å². The summed E-state index contributed by atoms with van der Waals surface area (Å²) >= 11 is 3.66. The predicted molar refractivity (Wildman–Crippen MR) is 72.8 cm³/mol. The summed E-state index contributed by atoms with van der Waals surface area (Å²) in [5, 5.41) is 0. The van der Waals surface area contributed by atoms with Gasteiger partial charge in [-0.1, -0.05) is 41.1 Å². The summed E-state index contributed by atoms with van der Waals surface area (Å²) < 4.78 is 13.5. The van der Waals surface area contributed by atoms with Crippen molar-refractivity contribution < 1.29 is 4.39 Å². The lowest BCUT2D eigenvalue weighted by Gasteiger charge is -2.33. The van der Waals surface area contributed by atoms with Crippen LogP contribution in [0.1, 0.15) is 25.3 Å². The number of benzene rings is 1. The summed E-state index contributed by atoms with van der Waals surface area (Å²) in [5.74, 6) is 0.690. The Morgan fingerprint density at radius 1 is 1.35 bits per heavy atom. The molecule has 0 saturated carbocycles. The second-order valence-corrected chi connectivity index (χ2v) is 6.33.